The number of nitrogens with zero attached hydrogens (tertiary/aromatic N) is 2. The number of amides is 3. The molecule has 0 fully saturated rings. The highest BCUT2D eigenvalue weighted by Gasteiger charge is 2.34. The molecule has 0 aliphatic carbocycles. The Kier molecular flexibility index (Phi) is 6.65. The van der Waals surface area contributed by atoms with Crippen molar-refractivity contribution in [2.24, 2.45) is 0 Å². The van der Waals surface area contributed by atoms with Gasteiger partial charge in [-0.15, -0.1) is 0 Å². The lowest BCUT2D eigenvalue weighted by molar-refractivity contribution is -0.139. The van der Waals surface area contributed by atoms with E-state index in [0.29, 0.717) is 17.1 Å². The smallest absolute Gasteiger partial charge is 0.259 e. The Morgan fingerprint density at radius 2 is 1.76 bits per heavy atom. The maximum Gasteiger partial charge on any atom is 0.259 e. The van der Waals surface area contributed by atoms with Crippen LogP contribution in [0.4, 0.5) is 5.69 Å². The summed E-state index contributed by atoms with van der Waals surface area (Å²) in [5.74, 6) is -0.732. The van der Waals surface area contributed by atoms with Crippen molar-refractivity contribution in [3.05, 3.63) is 76.8 Å². The predicted molar refractivity (Wildman–Crippen MR) is 130 cm³/mol. The Balaban J connectivity index is 1.61. The second kappa shape index (κ2) is 9.63. The van der Waals surface area contributed by atoms with Crippen LogP contribution in [0.25, 0.3) is 10.8 Å². The molecule has 33 heavy (non-hydrogen) atoms. The molecule has 0 aromatic heterocycles. The molecule has 3 amide bonds. The molecule has 7 heteroatoms. The monoisotopic (exact) mass is 463 g/mol. The summed E-state index contributed by atoms with van der Waals surface area (Å²) in [6.45, 7) is 4.30. The molecule has 1 heterocycles. The number of carbonyl (C=O) groups excluding carboxylic acids is 3. The van der Waals surface area contributed by atoms with Gasteiger partial charge in [-0.3, -0.25) is 19.3 Å². The predicted octanol–water partition coefficient (Wildman–Crippen LogP) is 4.40. The van der Waals surface area contributed by atoms with Gasteiger partial charge in [0.1, 0.15) is 12.6 Å². The minimum absolute atomic E-state index is 0.147. The summed E-state index contributed by atoms with van der Waals surface area (Å²) in [7, 11) is 0. The summed E-state index contributed by atoms with van der Waals surface area (Å²) >= 11 is 6.00. The van der Waals surface area contributed by atoms with E-state index < -0.39 is 6.04 Å². The van der Waals surface area contributed by atoms with E-state index in [1.54, 1.807) is 25.1 Å². The summed E-state index contributed by atoms with van der Waals surface area (Å²) in [6.07, 6.45) is 0.800. The highest BCUT2D eigenvalue weighted by molar-refractivity contribution is 6.30. The van der Waals surface area contributed by atoms with E-state index in [9.17, 15) is 14.4 Å². The third-order valence-corrected chi connectivity index (χ3v) is 6.18. The van der Waals surface area contributed by atoms with E-state index in [0.717, 1.165) is 28.4 Å². The zero-order valence-corrected chi connectivity index (χ0v) is 19.4. The van der Waals surface area contributed by atoms with Gasteiger partial charge in [0.2, 0.25) is 11.8 Å². The molecule has 6 nitrogen and oxygen atoms in total. The second-order valence-corrected chi connectivity index (χ2v) is 8.62. The van der Waals surface area contributed by atoms with Crippen molar-refractivity contribution in [3.8, 4) is 0 Å². The molecule has 3 aromatic carbocycles. The van der Waals surface area contributed by atoms with Crippen LogP contribution in [-0.4, -0.2) is 41.8 Å². The molecule has 0 radical (unpaired) electrons. The zero-order valence-electron chi connectivity index (χ0n) is 18.7. The van der Waals surface area contributed by atoms with Crippen LogP contribution in [0.5, 0.6) is 0 Å². The van der Waals surface area contributed by atoms with E-state index in [1.165, 1.54) is 9.80 Å². The summed E-state index contributed by atoms with van der Waals surface area (Å²) in [5, 5.41) is 5.27. The van der Waals surface area contributed by atoms with Crippen LogP contribution in [0.15, 0.2) is 60.7 Å². The normalized spacial score (nSPS) is 13.3. The molecule has 3 aromatic rings. The van der Waals surface area contributed by atoms with E-state index in [4.69, 9.17) is 11.6 Å². The maximum absolute atomic E-state index is 13.5. The third-order valence-electron chi connectivity index (χ3n) is 5.93. The van der Waals surface area contributed by atoms with E-state index in [1.807, 2.05) is 49.4 Å². The van der Waals surface area contributed by atoms with Gasteiger partial charge in [0, 0.05) is 29.1 Å². The van der Waals surface area contributed by atoms with Gasteiger partial charge in [-0.05, 0) is 48.6 Å². The van der Waals surface area contributed by atoms with Crippen LogP contribution in [0.1, 0.15) is 36.2 Å². The quantitative estimate of drug-likeness (QED) is 0.538. The molecule has 0 saturated heterocycles. The molecule has 1 N–H and O–H groups in total. The van der Waals surface area contributed by atoms with Crippen LogP contribution >= 0.6 is 11.6 Å². The molecule has 1 aliphatic rings. The molecule has 0 saturated carbocycles. The fourth-order valence-corrected chi connectivity index (χ4v) is 4.25. The first kappa shape index (κ1) is 22.8. The standard InChI is InChI=1S/C26H26ClN3O3/c1-3-14-28-25(32)17(2)29(15-18-10-12-20(27)13-11-18)23(31)16-30-22-9-5-7-19-6-4-8-21(24(19)22)26(30)33/h4-13,17H,3,14-16H2,1-2H3,(H,28,32). The largest absolute Gasteiger partial charge is 0.354 e. The summed E-state index contributed by atoms with van der Waals surface area (Å²) in [5.41, 5.74) is 2.16. The number of hydrogen-bond acceptors (Lipinski definition) is 3. The van der Waals surface area contributed by atoms with Crippen molar-refractivity contribution in [3.63, 3.8) is 0 Å². The van der Waals surface area contributed by atoms with Crippen molar-refractivity contribution >= 4 is 45.8 Å². The lowest BCUT2D eigenvalue weighted by atomic mass is 10.1. The number of rotatable bonds is 8. The molecule has 0 spiro atoms. The second-order valence-electron chi connectivity index (χ2n) is 8.19. The Hall–Kier alpha value is -3.38. The Morgan fingerprint density at radius 3 is 2.45 bits per heavy atom. The number of hydrogen-bond donors (Lipinski definition) is 1. The third kappa shape index (κ3) is 4.57. The number of anilines is 1. The maximum atomic E-state index is 13.5. The molecular formula is C26H26ClN3O3. The first-order chi connectivity index (χ1) is 15.9. The van der Waals surface area contributed by atoms with Gasteiger partial charge in [-0.25, -0.2) is 0 Å². The average Bonchev–Trinajstić information content (AvgIpc) is 3.09. The van der Waals surface area contributed by atoms with Crippen molar-refractivity contribution < 1.29 is 14.4 Å². The topological polar surface area (TPSA) is 69.7 Å². The van der Waals surface area contributed by atoms with Crippen LogP contribution in [-0.2, 0) is 16.1 Å². The first-order valence-electron chi connectivity index (χ1n) is 11.1. The van der Waals surface area contributed by atoms with Crippen LogP contribution in [0.3, 0.4) is 0 Å². The highest BCUT2D eigenvalue weighted by atomic mass is 35.5. The first-order valence-corrected chi connectivity index (χ1v) is 11.4. The number of halogens is 1. The summed E-state index contributed by atoms with van der Waals surface area (Å²) in [6, 6.07) is 17.7. The Morgan fingerprint density at radius 1 is 1.06 bits per heavy atom. The lowest BCUT2D eigenvalue weighted by Gasteiger charge is -2.30. The van der Waals surface area contributed by atoms with Crippen molar-refractivity contribution in [1.29, 1.82) is 0 Å². The van der Waals surface area contributed by atoms with Gasteiger partial charge in [0.25, 0.3) is 5.91 Å². The molecule has 170 valence electrons. The van der Waals surface area contributed by atoms with Crippen molar-refractivity contribution in [2.45, 2.75) is 32.9 Å². The van der Waals surface area contributed by atoms with Crippen molar-refractivity contribution in [2.75, 3.05) is 18.0 Å². The molecule has 1 unspecified atom stereocenters. The number of nitrogens with one attached hydrogen (secondary N) is 1. The van der Waals surface area contributed by atoms with Crippen molar-refractivity contribution in [1.82, 2.24) is 10.2 Å². The van der Waals surface area contributed by atoms with E-state index in [2.05, 4.69) is 5.32 Å². The summed E-state index contributed by atoms with van der Waals surface area (Å²) in [4.78, 5) is 42.4. The van der Waals surface area contributed by atoms with Crippen LogP contribution in [0, 0.1) is 0 Å². The zero-order chi connectivity index (χ0) is 23.5. The summed E-state index contributed by atoms with van der Waals surface area (Å²) < 4.78 is 0. The number of benzene rings is 3. The van der Waals surface area contributed by atoms with Gasteiger partial charge in [0.15, 0.2) is 0 Å². The molecule has 1 aliphatic heterocycles. The van der Waals surface area contributed by atoms with Gasteiger partial charge < -0.3 is 10.2 Å². The van der Waals surface area contributed by atoms with Gasteiger partial charge >= 0.3 is 0 Å². The van der Waals surface area contributed by atoms with E-state index >= 15 is 0 Å². The molecular weight excluding hydrogens is 438 g/mol. The SMILES string of the molecule is CCCNC(=O)C(C)N(Cc1ccc(Cl)cc1)C(=O)CN1C(=O)c2cccc3cccc1c23. The van der Waals surface area contributed by atoms with E-state index in [-0.39, 0.29) is 30.8 Å². The molecule has 1 atom stereocenters. The Labute approximate surface area is 198 Å². The fourth-order valence-electron chi connectivity index (χ4n) is 4.13. The average molecular weight is 464 g/mol. The fraction of sp³-hybridized carbons (Fsp3) is 0.269. The minimum Gasteiger partial charge on any atom is -0.354 e. The van der Waals surface area contributed by atoms with Crippen LogP contribution < -0.4 is 10.2 Å². The minimum atomic E-state index is -0.699. The lowest BCUT2D eigenvalue weighted by Crippen LogP contribution is -2.51. The van der Waals surface area contributed by atoms with Gasteiger partial charge in [-0.1, -0.05) is 54.9 Å². The van der Waals surface area contributed by atoms with Crippen LogP contribution in [0.2, 0.25) is 5.02 Å². The highest BCUT2D eigenvalue weighted by Crippen LogP contribution is 2.37. The number of carbonyl (C=O) groups is 3. The van der Waals surface area contributed by atoms with Gasteiger partial charge in [0.05, 0.1) is 5.69 Å². The Bertz CT molecular complexity index is 1200. The van der Waals surface area contributed by atoms with Gasteiger partial charge in [-0.2, -0.15) is 0 Å². The molecule has 4 rings (SSSR count). The molecule has 0 bridgehead atoms.